The van der Waals surface area contributed by atoms with Gasteiger partial charge >= 0.3 is 0 Å². The van der Waals surface area contributed by atoms with Gasteiger partial charge in [0, 0.05) is 16.7 Å². The fourth-order valence-electron chi connectivity index (χ4n) is 2.50. The molecule has 0 radical (unpaired) electrons. The van der Waals surface area contributed by atoms with Crippen molar-refractivity contribution in [1.82, 2.24) is 10.2 Å². The van der Waals surface area contributed by atoms with Gasteiger partial charge in [0.15, 0.2) is 0 Å². The van der Waals surface area contributed by atoms with Crippen molar-refractivity contribution in [2.45, 2.75) is 18.7 Å². The molecule has 0 aliphatic carbocycles. The van der Waals surface area contributed by atoms with E-state index >= 15 is 0 Å². The van der Waals surface area contributed by atoms with Crippen LogP contribution in [0.4, 0.5) is 5.69 Å². The van der Waals surface area contributed by atoms with E-state index in [2.05, 4.69) is 14.9 Å². The third-order valence-corrected chi connectivity index (χ3v) is 5.63. The summed E-state index contributed by atoms with van der Waals surface area (Å²) in [6.07, 6.45) is 0. The molecule has 0 aliphatic heterocycles. The average molecular weight is 390 g/mol. The summed E-state index contributed by atoms with van der Waals surface area (Å²) in [5, 5.41) is 6.82. The zero-order valence-electron chi connectivity index (χ0n) is 14.1. The Kier molecular flexibility index (Phi) is 4.84. The summed E-state index contributed by atoms with van der Waals surface area (Å²) in [4.78, 5) is 11.3. The monoisotopic (exact) mass is 389 g/mol. The fraction of sp³-hybridized carbons (Fsp3) is 0.111. The maximum absolute atomic E-state index is 12.9. The molecule has 0 aliphatic rings. The van der Waals surface area contributed by atoms with Crippen molar-refractivity contribution in [2.24, 2.45) is 0 Å². The third-order valence-electron chi connectivity index (χ3n) is 3.89. The Bertz CT molecular complexity index is 1120. The van der Waals surface area contributed by atoms with E-state index in [1.165, 1.54) is 18.2 Å². The molecule has 0 unspecified atom stereocenters. The standard InChI is InChI=1S/C18H16ClN3O3S/c1-11-3-4-13(16-7-8-18(23)21-20-16)10-17(11)26(24,25)22-15-6-5-14(19)9-12(15)2/h3-10,22H,1-2H3,(H,21,23). The molecule has 6 nitrogen and oxygen atoms in total. The highest BCUT2D eigenvalue weighted by atomic mass is 35.5. The number of halogens is 1. The topological polar surface area (TPSA) is 91.9 Å². The van der Waals surface area contributed by atoms with Crippen LogP contribution in [-0.2, 0) is 10.0 Å². The van der Waals surface area contributed by atoms with Crippen LogP contribution in [0.15, 0.2) is 58.2 Å². The molecule has 0 bridgehead atoms. The van der Waals surface area contributed by atoms with E-state index in [1.54, 1.807) is 44.2 Å². The molecule has 2 N–H and O–H groups in total. The number of aromatic nitrogens is 2. The highest BCUT2D eigenvalue weighted by Gasteiger charge is 2.19. The number of nitrogens with zero attached hydrogens (tertiary/aromatic N) is 1. The summed E-state index contributed by atoms with van der Waals surface area (Å²) in [5.74, 6) is 0. The lowest BCUT2D eigenvalue weighted by Gasteiger charge is -2.13. The summed E-state index contributed by atoms with van der Waals surface area (Å²) < 4.78 is 28.3. The number of hydrogen-bond acceptors (Lipinski definition) is 4. The molecule has 2 aromatic carbocycles. The quantitative estimate of drug-likeness (QED) is 0.714. The SMILES string of the molecule is Cc1cc(Cl)ccc1NS(=O)(=O)c1cc(-c2ccc(=O)[nH]n2)ccc1C. The van der Waals surface area contributed by atoms with Gasteiger partial charge in [-0.25, -0.2) is 13.5 Å². The van der Waals surface area contributed by atoms with Crippen molar-refractivity contribution in [3.05, 3.63) is 75.0 Å². The molecule has 26 heavy (non-hydrogen) atoms. The number of anilines is 1. The molecule has 134 valence electrons. The summed E-state index contributed by atoms with van der Waals surface area (Å²) in [6, 6.07) is 12.8. The number of H-pyrrole nitrogens is 1. The first-order valence-corrected chi connectivity index (χ1v) is 9.58. The number of sulfonamides is 1. The van der Waals surface area contributed by atoms with Crippen molar-refractivity contribution in [2.75, 3.05) is 4.72 Å². The second-order valence-corrected chi connectivity index (χ2v) is 7.94. The molecule has 3 aromatic rings. The lowest BCUT2D eigenvalue weighted by molar-refractivity contribution is 0.600. The molecule has 0 fully saturated rings. The van der Waals surface area contributed by atoms with Crippen LogP contribution in [0.5, 0.6) is 0 Å². The number of nitrogens with one attached hydrogen (secondary N) is 2. The first-order chi connectivity index (χ1) is 12.3. The van der Waals surface area contributed by atoms with Gasteiger partial charge < -0.3 is 0 Å². The molecule has 3 rings (SSSR count). The van der Waals surface area contributed by atoms with Crippen molar-refractivity contribution in [3.63, 3.8) is 0 Å². The largest absolute Gasteiger partial charge is 0.279 e. The second-order valence-electron chi connectivity index (χ2n) is 5.85. The van der Waals surface area contributed by atoms with E-state index in [4.69, 9.17) is 11.6 Å². The average Bonchev–Trinajstić information content (AvgIpc) is 2.58. The van der Waals surface area contributed by atoms with E-state index in [9.17, 15) is 13.2 Å². The van der Waals surface area contributed by atoms with Crippen LogP contribution < -0.4 is 10.3 Å². The van der Waals surface area contributed by atoms with Gasteiger partial charge in [0.05, 0.1) is 16.3 Å². The van der Waals surface area contributed by atoms with Crippen molar-refractivity contribution in [1.29, 1.82) is 0 Å². The Balaban J connectivity index is 2.02. The highest BCUT2D eigenvalue weighted by Crippen LogP contribution is 2.27. The van der Waals surface area contributed by atoms with Gasteiger partial charge in [0.2, 0.25) is 0 Å². The van der Waals surface area contributed by atoms with Crippen LogP contribution in [0.25, 0.3) is 11.3 Å². The molecule has 0 saturated carbocycles. The summed E-state index contributed by atoms with van der Waals surface area (Å²) in [5.41, 5.74) is 2.51. The number of benzene rings is 2. The molecule has 0 saturated heterocycles. The Labute approximate surface area is 155 Å². The minimum Gasteiger partial charge on any atom is -0.279 e. The Morgan fingerprint density at radius 2 is 1.77 bits per heavy atom. The van der Waals surface area contributed by atoms with E-state index in [0.717, 1.165) is 5.56 Å². The highest BCUT2D eigenvalue weighted by molar-refractivity contribution is 7.92. The van der Waals surface area contributed by atoms with E-state index < -0.39 is 10.0 Å². The summed E-state index contributed by atoms with van der Waals surface area (Å²) in [6.45, 7) is 3.49. The molecule has 0 atom stereocenters. The van der Waals surface area contributed by atoms with Gasteiger partial charge in [-0.05, 0) is 55.3 Å². The number of aromatic amines is 1. The molecule has 8 heteroatoms. The van der Waals surface area contributed by atoms with Crippen LogP contribution in [0, 0.1) is 13.8 Å². The van der Waals surface area contributed by atoms with Gasteiger partial charge in [-0.1, -0.05) is 23.7 Å². The van der Waals surface area contributed by atoms with Gasteiger partial charge in [0.1, 0.15) is 0 Å². The summed E-state index contributed by atoms with van der Waals surface area (Å²) in [7, 11) is -3.81. The maximum atomic E-state index is 12.9. The zero-order chi connectivity index (χ0) is 18.9. The van der Waals surface area contributed by atoms with Crippen molar-refractivity contribution < 1.29 is 8.42 Å². The van der Waals surface area contributed by atoms with Crippen LogP contribution in [-0.4, -0.2) is 18.6 Å². The molecular formula is C18H16ClN3O3S. The minimum absolute atomic E-state index is 0.136. The molecular weight excluding hydrogens is 374 g/mol. The van der Waals surface area contributed by atoms with Gasteiger partial charge in [-0.3, -0.25) is 9.52 Å². The van der Waals surface area contributed by atoms with Crippen LogP contribution >= 0.6 is 11.6 Å². The minimum atomic E-state index is -3.81. The lowest BCUT2D eigenvalue weighted by atomic mass is 10.1. The molecule has 1 aromatic heterocycles. The van der Waals surface area contributed by atoms with E-state index in [0.29, 0.717) is 27.5 Å². The number of hydrogen-bond donors (Lipinski definition) is 2. The van der Waals surface area contributed by atoms with Crippen LogP contribution in [0.3, 0.4) is 0 Å². The Hall–Kier alpha value is -2.64. The summed E-state index contributed by atoms with van der Waals surface area (Å²) >= 11 is 5.92. The predicted molar refractivity (Wildman–Crippen MR) is 102 cm³/mol. The van der Waals surface area contributed by atoms with Crippen LogP contribution in [0.1, 0.15) is 11.1 Å². The lowest BCUT2D eigenvalue weighted by Crippen LogP contribution is -2.15. The normalized spacial score (nSPS) is 11.3. The fourth-order valence-corrected chi connectivity index (χ4v) is 4.12. The van der Waals surface area contributed by atoms with E-state index in [1.807, 2.05) is 0 Å². The molecule has 1 heterocycles. The molecule has 0 amide bonds. The third kappa shape index (κ3) is 3.79. The second kappa shape index (κ2) is 6.93. The van der Waals surface area contributed by atoms with Gasteiger partial charge in [-0.2, -0.15) is 5.10 Å². The number of aryl methyl sites for hydroxylation is 2. The molecule has 0 spiro atoms. The maximum Gasteiger partial charge on any atom is 0.264 e. The van der Waals surface area contributed by atoms with E-state index in [-0.39, 0.29) is 10.5 Å². The van der Waals surface area contributed by atoms with Gasteiger partial charge in [0.25, 0.3) is 15.6 Å². The predicted octanol–water partition coefficient (Wildman–Crippen LogP) is 3.51. The first-order valence-electron chi connectivity index (χ1n) is 7.72. The Morgan fingerprint density at radius 1 is 1.00 bits per heavy atom. The smallest absolute Gasteiger partial charge is 0.264 e. The van der Waals surface area contributed by atoms with Gasteiger partial charge in [-0.15, -0.1) is 0 Å². The number of rotatable bonds is 4. The first kappa shape index (κ1) is 18.2. The Morgan fingerprint density at radius 3 is 2.42 bits per heavy atom. The van der Waals surface area contributed by atoms with Crippen molar-refractivity contribution >= 4 is 27.3 Å². The zero-order valence-corrected chi connectivity index (χ0v) is 15.6. The van der Waals surface area contributed by atoms with Crippen molar-refractivity contribution in [3.8, 4) is 11.3 Å². The van der Waals surface area contributed by atoms with Crippen LogP contribution in [0.2, 0.25) is 5.02 Å².